The lowest BCUT2D eigenvalue weighted by atomic mass is 10.1. The predicted molar refractivity (Wildman–Crippen MR) is 75.6 cm³/mol. The molecule has 0 bridgehead atoms. The summed E-state index contributed by atoms with van der Waals surface area (Å²) in [5.74, 6) is -0.0403. The zero-order valence-corrected chi connectivity index (χ0v) is 12.3. The molecule has 4 fully saturated rings. The molecule has 0 aromatic carbocycles. The van der Waals surface area contributed by atoms with Gasteiger partial charge in [-0.1, -0.05) is 0 Å². The Labute approximate surface area is 124 Å². The molecule has 4 rings (SSSR count). The number of fused-ring (bicyclic) bond motifs is 1. The topological polar surface area (TPSA) is 61.9 Å². The van der Waals surface area contributed by atoms with Crippen LogP contribution >= 0.6 is 0 Å². The van der Waals surface area contributed by atoms with Crippen LogP contribution in [0.1, 0.15) is 32.1 Å². The number of carbonyl (C=O) groups excluding carboxylic acids is 2. The summed E-state index contributed by atoms with van der Waals surface area (Å²) in [7, 11) is 0. The van der Waals surface area contributed by atoms with Gasteiger partial charge in [0.2, 0.25) is 11.8 Å². The summed E-state index contributed by atoms with van der Waals surface area (Å²) in [6, 6.07) is 0.451. The molecule has 1 N–H and O–H groups in total. The van der Waals surface area contributed by atoms with E-state index in [1.165, 1.54) is 24.3 Å². The number of morpholine rings is 1. The van der Waals surface area contributed by atoms with Crippen LogP contribution < -0.4 is 5.32 Å². The number of hydrogen-bond donors (Lipinski definition) is 1. The van der Waals surface area contributed by atoms with E-state index in [1.54, 1.807) is 0 Å². The fourth-order valence-electron chi connectivity index (χ4n) is 3.81. The average Bonchev–Trinajstić information content (AvgIpc) is 3.11. The third-order valence-corrected chi connectivity index (χ3v) is 5.15. The van der Waals surface area contributed by atoms with E-state index in [1.807, 2.05) is 0 Å². The highest BCUT2D eigenvalue weighted by Gasteiger charge is 2.46. The SMILES string of the molecule is O=C1CC(NCC2CN3CCCC3CO2)C(=O)N1C1CC1. The number of imide groups is 1. The molecule has 116 valence electrons. The zero-order valence-electron chi connectivity index (χ0n) is 12.3. The highest BCUT2D eigenvalue weighted by atomic mass is 16.5. The minimum atomic E-state index is -0.335. The molecule has 0 spiro atoms. The summed E-state index contributed by atoms with van der Waals surface area (Å²) >= 11 is 0. The van der Waals surface area contributed by atoms with Crippen molar-refractivity contribution >= 4 is 11.8 Å². The van der Waals surface area contributed by atoms with Gasteiger partial charge in [-0.2, -0.15) is 0 Å². The lowest BCUT2D eigenvalue weighted by Gasteiger charge is -2.35. The molecule has 3 heterocycles. The molecule has 3 saturated heterocycles. The number of likely N-dealkylation sites (tertiary alicyclic amines) is 1. The molecule has 6 nitrogen and oxygen atoms in total. The number of nitrogens with one attached hydrogen (secondary N) is 1. The van der Waals surface area contributed by atoms with Crippen molar-refractivity contribution in [1.29, 1.82) is 0 Å². The van der Waals surface area contributed by atoms with Crippen LogP contribution in [0.4, 0.5) is 0 Å². The maximum atomic E-state index is 12.2. The number of ether oxygens (including phenoxy) is 1. The molecule has 1 aliphatic carbocycles. The van der Waals surface area contributed by atoms with Crippen molar-refractivity contribution < 1.29 is 14.3 Å². The fourth-order valence-corrected chi connectivity index (χ4v) is 3.81. The van der Waals surface area contributed by atoms with E-state index in [9.17, 15) is 9.59 Å². The van der Waals surface area contributed by atoms with Gasteiger partial charge in [0.05, 0.1) is 25.2 Å². The number of nitrogens with zero attached hydrogens (tertiary/aromatic N) is 2. The average molecular weight is 293 g/mol. The van der Waals surface area contributed by atoms with Crippen molar-refractivity contribution in [2.24, 2.45) is 0 Å². The van der Waals surface area contributed by atoms with E-state index in [-0.39, 0.29) is 30.0 Å². The summed E-state index contributed by atoms with van der Waals surface area (Å²) in [5.41, 5.74) is 0. The van der Waals surface area contributed by atoms with Crippen molar-refractivity contribution in [1.82, 2.24) is 15.1 Å². The summed E-state index contributed by atoms with van der Waals surface area (Å²) in [4.78, 5) is 28.1. The molecular weight excluding hydrogens is 270 g/mol. The molecule has 3 atom stereocenters. The second-order valence-electron chi connectivity index (χ2n) is 6.74. The van der Waals surface area contributed by atoms with Crippen molar-refractivity contribution in [3.63, 3.8) is 0 Å². The van der Waals surface area contributed by atoms with Crippen molar-refractivity contribution in [3.8, 4) is 0 Å². The monoisotopic (exact) mass is 293 g/mol. The van der Waals surface area contributed by atoms with Crippen LogP contribution in [0.3, 0.4) is 0 Å². The van der Waals surface area contributed by atoms with Gasteiger partial charge in [0.1, 0.15) is 0 Å². The van der Waals surface area contributed by atoms with E-state index in [0.717, 1.165) is 26.0 Å². The van der Waals surface area contributed by atoms with E-state index < -0.39 is 0 Å². The zero-order chi connectivity index (χ0) is 14.4. The standard InChI is InChI=1S/C15H23N3O3/c19-14-6-13(15(20)18(14)10-3-4-10)16-7-12-8-17-5-1-2-11(17)9-21-12/h10-13,16H,1-9H2. The molecule has 3 aliphatic heterocycles. The maximum absolute atomic E-state index is 12.2. The first-order valence-electron chi connectivity index (χ1n) is 8.17. The number of rotatable bonds is 4. The summed E-state index contributed by atoms with van der Waals surface area (Å²) < 4.78 is 5.89. The molecule has 0 aromatic rings. The Morgan fingerprint density at radius 1 is 1.19 bits per heavy atom. The molecule has 6 heteroatoms. The van der Waals surface area contributed by atoms with E-state index in [2.05, 4.69) is 10.2 Å². The van der Waals surface area contributed by atoms with Gasteiger partial charge in [-0.15, -0.1) is 0 Å². The van der Waals surface area contributed by atoms with Crippen LogP contribution in [-0.2, 0) is 14.3 Å². The summed E-state index contributed by atoms with van der Waals surface area (Å²) in [5, 5.41) is 3.26. The number of hydrogen-bond acceptors (Lipinski definition) is 5. The third-order valence-electron chi connectivity index (χ3n) is 5.15. The molecular formula is C15H23N3O3. The van der Waals surface area contributed by atoms with Gasteiger partial charge in [-0.3, -0.25) is 19.4 Å². The smallest absolute Gasteiger partial charge is 0.247 e. The van der Waals surface area contributed by atoms with Crippen molar-refractivity contribution in [2.45, 2.75) is 56.3 Å². The largest absolute Gasteiger partial charge is 0.374 e. The Balaban J connectivity index is 1.29. The lowest BCUT2D eigenvalue weighted by molar-refractivity contribution is -0.139. The quantitative estimate of drug-likeness (QED) is 0.723. The first-order chi connectivity index (χ1) is 10.2. The van der Waals surface area contributed by atoms with Gasteiger partial charge < -0.3 is 10.1 Å². The van der Waals surface area contributed by atoms with Gasteiger partial charge in [0.15, 0.2) is 0 Å². The molecule has 21 heavy (non-hydrogen) atoms. The number of carbonyl (C=O) groups is 2. The second kappa shape index (κ2) is 5.34. The van der Waals surface area contributed by atoms with Gasteiger partial charge >= 0.3 is 0 Å². The molecule has 4 aliphatic rings. The van der Waals surface area contributed by atoms with E-state index in [0.29, 0.717) is 19.0 Å². The lowest BCUT2D eigenvalue weighted by Crippen LogP contribution is -2.51. The van der Waals surface area contributed by atoms with E-state index >= 15 is 0 Å². The first-order valence-corrected chi connectivity index (χ1v) is 8.17. The fraction of sp³-hybridized carbons (Fsp3) is 0.867. The van der Waals surface area contributed by atoms with Gasteiger partial charge in [-0.25, -0.2) is 0 Å². The normalized spacial score (nSPS) is 37.3. The summed E-state index contributed by atoms with van der Waals surface area (Å²) in [6.07, 6.45) is 4.91. The Bertz CT molecular complexity index is 451. The van der Waals surface area contributed by atoms with Crippen LogP contribution in [0.25, 0.3) is 0 Å². The van der Waals surface area contributed by atoms with Gasteiger partial charge in [-0.05, 0) is 32.2 Å². The second-order valence-corrected chi connectivity index (χ2v) is 6.74. The molecule has 2 amide bonds. The Kier molecular flexibility index (Phi) is 3.47. The number of amides is 2. The highest BCUT2D eigenvalue weighted by molar-refractivity contribution is 6.06. The minimum Gasteiger partial charge on any atom is -0.374 e. The third kappa shape index (κ3) is 2.60. The molecule has 0 radical (unpaired) electrons. The predicted octanol–water partition coefficient (Wildman–Crippen LogP) is -0.271. The van der Waals surface area contributed by atoms with Crippen LogP contribution in [0.5, 0.6) is 0 Å². The first kappa shape index (κ1) is 13.7. The summed E-state index contributed by atoms with van der Waals surface area (Å²) in [6.45, 7) is 3.57. The molecule has 0 aromatic heterocycles. The van der Waals surface area contributed by atoms with Crippen LogP contribution in [0.2, 0.25) is 0 Å². The Morgan fingerprint density at radius 2 is 2.05 bits per heavy atom. The molecule has 1 saturated carbocycles. The van der Waals surface area contributed by atoms with Gasteiger partial charge in [0, 0.05) is 25.2 Å². The van der Waals surface area contributed by atoms with Crippen LogP contribution in [-0.4, -0.2) is 72.1 Å². The van der Waals surface area contributed by atoms with Gasteiger partial charge in [0.25, 0.3) is 0 Å². The van der Waals surface area contributed by atoms with Crippen molar-refractivity contribution in [3.05, 3.63) is 0 Å². The van der Waals surface area contributed by atoms with Crippen LogP contribution in [0, 0.1) is 0 Å². The maximum Gasteiger partial charge on any atom is 0.247 e. The Morgan fingerprint density at radius 3 is 2.86 bits per heavy atom. The van der Waals surface area contributed by atoms with Crippen LogP contribution in [0.15, 0.2) is 0 Å². The Hall–Kier alpha value is -0.980. The minimum absolute atomic E-state index is 0.0100. The molecule has 3 unspecified atom stereocenters. The van der Waals surface area contributed by atoms with Crippen molar-refractivity contribution in [2.75, 3.05) is 26.2 Å². The highest BCUT2D eigenvalue weighted by Crippen LogP contribution is 2.31. The van der Waals surface area contributed by atoms with E-state index in [4.69, 9.17) is 4.74 Å².